The van der Waals surface area contributed by atoms with Crippen LogP contribution in [0.15, 0.2) is 30.3 Å². The number of benzene rings is 1. The number of hydrogen-bond donors (Lipinski definition) is 0. The summed E-state index contributed by atoms with van der Waals surface area (Å²) in [7, 11) is -2.99. The summed E-state index contributed by atoms with van der Waals surface area (Å²) in [6.07, 6.45) is 0.0186. The summed E-state index contributed by atoms with van der Waals surface area (Å²) in [6.45, 7) is 16.8. The Morgan fingerprint density at radius 1 is 0.880 bits per heavy atom. The van der Waals surface area contributed by atoms with Gasteiger partial charge in [0.15, 0.2) is 5.79 Å². The molecule has 0 spiro atoms. The van der Waals surface area contributed by atoms with Gasteiger partial charge in [-0.15, -0.1) is 0 Å². The van der Waals surface area contributed by atoms with Crippen LogP contribution < -0.4 is 0 Å². The number of hydrogen-bond acceptors (Lipinski definition) is 4. The van der Waals surface area contributed by atoms with Crippen molar-refractivity contribution in [1.29, 1.82) is 0 Å². The summed E-state index contributed by atoms with van der Waals surface area (Å²) in [5.74, 6) is -0.334. The van der Waals surface area contributed by atoms with Crippen molar-refractivity contribution >= 4 is 8.80 Å². The highest BCUT2D eigenvalue weighted by Crippen LogP contribution is 2.27. The lowest BCUT2D eigenvalue weighted by Gasteiger charge is -2.39. The zero-order chi connectivity index (χ0) is 19.1. The average molecular weight is 369 g/mol. The van der Waals surface area contributed by atoms with Gasteiger partial charge in [-0.05, 0) is 53.0 Å². The number of rotatable bonds is 11. The molecule has 0 bridgehead atoms. The molecule has 0 fully saturated rings. The Bertz CT molecular complexity index is 476. The van der Waals surface area contributed by atoms with E-state index in [1.165, 1.54) is 0 Å². The van der Waals surface area contributed by atoms with Gasteiger partial charge in [0.05, 0.1) is 6.61 Å². The van der Waals surface area contributed by atoms with E-state index in [2.05, 4.69) is 26.0 Å². The van der Waals surface area contributed by atoms with Crippen LogP contribution in [0.1, 0.15) is 61.0 Å². The van der Waals surface area contributed by atoms with Crippen molar-refractivity contribution in [3.8, 4) is 0 Å². The molecule has 0 radical (unpaired) electrons. The molecule has 0 aliphatic carbocycles. The standard InChI is InChI=1S/C20H36O4Si/c1-16(2)14-21-20(7,8)24-25(22-17(3)4,23-18(5)6)15-19-12-10-9-11-13-19/h9-13,16-18H,14-15H2,1-8H3. The molecular formula is C20H36O4Si. The predicted octanol–water partition coefficient (Wildman–Crippen LogP) is 4.98. The molecular weight excluding hydrogens is 332 g/mol. The quantitative estimate of drug-likeness (QED) is 0.408. The molecule has 0 saturated heterocycles. The fraction of sp³-hybridized carbons (Fsp3) is 0.700. The largest absolute Gasteiger partial charge is 0.508 e. The minimum Gasteiger partial charge on any atom is -0.371 e. The van der Waals surface area contributed by atoms with Crippen molar-refractivity contribution in [3.63, 3.8) is 0 Å². The number of ether oxygens (including phenoxy) is 1. The molecule has 144 valence electrons. The fourth-order valence-corrected chi connectivity index (χ4v) is 5.90. The first-order chi connectivity index (χ1) is 11.5. The van der Waals surface area contributed by atoms with Crippen LogP contribution in [0.25, 0.3) is 0 Å². The first-order valence-electron chi connectivity index (χ1n) is 9.27. The van der Waals surface area contributed by atoms with Gasteiger partial charge in [0.2, 0.25) is 0 Å². The Balaban J connectivity index is 3.09. The van der Waals surface area contributed by atoms with Crippen LogP contribution in [0.2, 0.25) is 0 Å². The second-order valence-corrected chi connectivity index (χ2v) is 10.3. The third kappa shape index (κ3) is 8.97. The monoisotopic (exact) mass is 368 g/mol. The molecule has 4 nitrogen and oxygen atoms in total. The van der Waals surface area contributed by atoms with Gasteiger partial charge in [-0.2, -0.15) is 0 Å². The summed E-state index contributed by atoms with van der Waals surface area (Å²) in [4.78, 5) is 0. The normalized spacial score (nSPS) is 13.2. The zero-order valence-corrected chi connectivity index (χ0v) is 18.2. The minimum atomic E-state index is -2.99. The van der Waals surface area contributed by atoms with Gasteiger partial charge in [-0.25, -0.2) is 0 Å². The lowest BCUT2D eigenvalue weighted by Crippen LogP contribution is -2.56. The third-order valence-corrected chi connectivity index (χ3v) is 6.56. The van der Waals surface area contributed by atoms with Gasteiger partial charge >= 0.3 is 8.80 Å². The van der Waals surface area contributed by atoms with Crippen LogP contribution >= 0.6 is 0 Å². The molecule has 25 heavy (non-hydrogen) atoms. The predicted molar refractivity (Wildman–Crippen MR) is 104 cm³/mol. The first-order valence-corrected chi connectivity index (χ1v) is 11.2. The lowest BCUT2D eigenvalue weighted by atomic mass is 10.2. The highest BCUT2D eigenvalue weighted by atomic mass is 28.4. The maximum atomic E-state index is 6.47. The first kappa shape index (κ1) is 22.3. The SMILES string of the molecule is CC(C)COC(C)(C)O[Si](Cc1ccccc1)(OC(C)C)OC(C)C. The van der Waals surface area contributed by atoms with Crippen molar-refractivity contribution in [1.82, 2.24) is 0 Å². The van der Waals surface area contributed by atoms with Gasteiger partial charge in [0.1, 0.15) is 0 Å². The van der Waals surface area contributed by atoms with E-state index in [9.17, 15) is 0 Å². The van der Waals surface area contributed by atoms with Crippen LogP contribution in [0.4, 0.5) is 0 Å². The molecule has 1 aromatic rings. The van der Waals surface area contributed by atoms with Crippen LogP contribution in [-0.2, 0) is 24.1 Å². The maximum absolute atomic E-state index is 6.47. The molecule has 0 unspecified atom stereocenters. The van der Waals surface area contributed by atoms with Crippen molar-refractivity contribution in [2.75, 3.05) is 6.61 Å². The van der Waals surface area contributed by atoms with Crippen LogP contribution in [-0.4, -0.2) is 33.4 Å². The summed E-state index contributed by atoms with van der Waals surface area (Å²) in [5, 5.41) is 0. The van der Waals surface area contributed by atoms with E-state index < -0.39 is 14.6 Å². The summed E-state index contributed by atoms with van der Waals surface area (Å²) in [6, 6.07) is 10.9. The van der Waals surface area contributed by atoms with E-state index in [1.54, 1.807) is 0 Å². The molecule has 1 aromatic carbocycles. The van der Waals surface area contributed by atoms with Gasteiger partial charge in [0.25, 0.3) is 0 Å². The Labute approximate surface area is 155 Å². The van der Waals surface area contributed by atoms with Crippen molar-refractivity contribution in [2.45, 2.75) is 79.4 Å². The highest BCUT2D eigenvalue weighted by molar-refractivity contribution is 6.60. The van der Waals surface area contributed by atoms with E-state index in [1.807, 2.05) is 59.7 Å². The third-order valence-electron chi connectivity index (χ3n) is 3.26. The molecule has 0 aliphatic heterocycles. The van der Waals surface area contributed by atoms with Gasteiger partial charge in [-0.1, -0.05) is 44.2 Å². The summed E-state index contributed by atoms with van der Waals surface area (Å²) < 4.78 is 25.1. The molecule has 0 heterocycles. The second kappa shape index (κ2) is 9.83. The molecule has 0 amide bonds. The zero-order valence-electron chi connectivity index (χ0n) is 17.2. The Kier molecular flexibility index (Phi) is 8.78. The van der Waals surface area contributed by atoms with Gasteiger partial charge < -0.3 is 18.0 Å². The van der Waals surface area contributed by atoms with E-state index in [-0.39, 0.29) is 12.2 Å². The highest BCUT2D eigenvalue weighted by Gasteiger charge is 2.48. The Hall–Kier alpha value is -0.723. The van der Waals surface area contributed by atoms with E-state index in [0.29, 0.717) is 18.6 Å². The molecule has 0 aliphatic rings. The van der Waals surface area contributed by atoms with Crippen molar-refractivity contribution < 1.29 is 18.0 Å². The lowest BCUT2D eigenvalue weighted by molar-refractivity contribution is -0.196. The Morgan fingerprint density at radius 2 is 1.40 bits per heavy atom. The molecule has 0 atom stereocenters. The molecule has 0 N–H and O–H groups in total. The molecule has 0 saturated carbocycles. The minimum absolute atomic E-state index is 0.00928. The van der Waals surface area contributed by atoms with Crippen LogP contribution in [0.5, 0.6) is 0 Å². The van der Waals surface area contributed by atoms with Gasteiger partial charge in [0, 0.05) is 18.3 Å². The smallest absolute Gasteiger partial charge is 0.371 e. The summed E-state index contributed by atoms with van der Waals surface area (Å²) in [5.41, 5.74) is 1.15. The molecule has 1 rings (SSSR count). The molecule has 0 aromatic heterocycles. The van der Waals surface area contributed by atoms with Crippen LogP contribution in [0, 0.1) is 5.92 Å². The Morgan fingerprint density at radius 3 is 1.84 bits per heavy atom. The maximum Gasteiger partial charge on any atom is 0.508 e. The fourth-order valence-electron chi connectivity index (χ4n) is 2.53. The van der Waals surface area contributed by atoms with E-state index >= 15 is 0 Å². The van der Waals surface area contributed by atoms with E-state index in [4.69, 9.17) is 18.0 Å². The van der Waals surface area contributed by atoms with Crippen molar-refractivity contribution in [3.05, 3.63) is 35.9 Å². The van der Waals surface area contributed by atoms with Gasteiger partial charge in [-0.3, -0.25) is 0 Å². The van der Waals surface area contributed by atoms with Crippen molar-refractivity contribution in [2.24, 2.45) is 5.92 Å². The second-order valence-electron chi connectivity index (χ2n) is 7.89. The summed E-state index contributed by atoms with van der Waals surface area (Å²) >= 11 is 0. The van der Waals surface area contributed by atoms with Crippen LogP contribution in [0.3, 0.4) is 0 Å². The average Bonchev–Trinajstić information content (AvgIpc) is 2.44. The van der Waals surface area contributed by atoms with E-state index in [0.717, 1.165) is 5.56 Å². The topological polar surface area (TPSA) is 36.9 Å². The molecule has 5 heteroatoms.